The molecule has 3 nitrogen and oxygen atoms in total. The Morgan fingerprint density at radius 1 is 1.05 bits per heavy atom. The van der Waals surface area contributed by atoms with Gasteiger partial charge in [0.2, 0.25) is 10.0 Å². The van der Waals surface area contributed by atoms with Crippen LogP contribution in [-0.4, -0.2) is 12.7 Å². The normalized spacial score (nSPS) is 15.1. The van der Waals surface area contributed by atoms with Crippen molar-refractivity contribution in [3.05, 3.63) is 64.7 Å². The lowest BCUT2D eigenvalue weighted by atomic mass is 10.1. The number of sulfonamides is 1. The molecular weight excluding hydrogens is 350 g/mol. The summed E-state index contributed by atoms with van der Waals surface area (Å²) in [4.78, 5) is 0.363. The zero-order valence-corrected chi connectivity index (χ0v) is 14.1. The van der Waals surface area contributed by atoms with E-state index >= 15 is 0 Å². The Morgan fingerprint density at radius 3 is 2.38 bits per heavy atom. The molecule has 1 aliphatic heterocycles. The van der Waals surface area contributed by atoms with E-state index in [2.05, 4.69) is 22.0 Å². The minimum atomic E-state index is -3.42. The molecule has 0 amide bonds. The van der Waals surface area contributed by atoms with Crippen LogP contribution in [0.1, 0.15) is 22.3 Å². The van der Waals surface area contributed by atoms with E-state index in [0.29, 0.717) is 18.0 Å². The number of fused-ring (bicyclic) bond motifs is 1. The fourth-order valence-electron chi connectivity index (χ4n) is 2.53. The minimum Gasteiger partial charge on any atom is -0.207 e. The first kappa shape index (κ1) is 14.8. The van der Waals surface area contributed by atoms with E-state index in [1.54, 1.807) is 16.4 Å². The summed E-state index contributed by atoms with van der Waals surface area (Å²) in [5, 5.41) is 0.783. The SMILES string of the molecule is Cc1ccc(S(=O)(=O)N2Cc3ccc(CBr)cc3C2)cc1. The van der Waals surface area contributed by atoms with Crippen molar-refractivity contribution in [2.24, 2.45) is 0 Å². The second-order valence-electron chi connectivity index (χ2n) is 5.32. The average molecular weight is 366 g/mol. The highest BCUT2D eigenvalue weighted by Gasteiger charge is 2.30. The van der Waals surface area contributed by atoms with E-state index in [-0.39, 0.29) is 0 Å². The monoisotopic (exact) mass is 365 g/mol. The molecule has 0 saturated carbocycles. The van der Waals surface area contributed by atoms with Gasteiger partial charge in [-0.25, -0.2) is 8.42 Å². The molecule has 0 bridgehead atoms. The van der Waals surface area contributed by atoms with Crippen molar-refractivity contribution in [2.75, 3.05) is 0 Å². The molecule has 0 saturated heterocycles. The molecular formula is C16H16BrNO2S. The molecule has 0 N–H and O–H groups in total. The summed E-state index contributed by atoms with van der Waals surface area (Å²) in [6, 6.07) is 13.2. The zero-order chi connectivity index (χ0) is 15.0. The van der Waals surface area contributed by atoms with Crippen molar-refractivity contribution in [3.63, 3.8) is 0 Å². The summed E-state index contributed by atoms with van der Waals surface area (Å²) in [6.07, 6.45) is 0. The minimum absolute atomic E-state index is 0.363. The van der Waals surface area contributed by atoms with E-state index in [1.807, 2.05) is 31.2 Å². The molecule has 0 unspecified atom stereocenters. The Hall–Kier alpha value is -1.17. The highest BCUT2D eigenvalue weighted by atomic mass is 79.9. The van der Waals surface area contributed by atoms with Crippen molar-refractivity contribution in [1.29, 1.82) is 0 Å². The molecule has 0 aromatic heterocycles. The Balaban J connectivity index is 1.91. The highest BCUT2D eigenvalue weighted by Crippen LogP contribution is 2.29. The van der Waals surface area contributed by atoms with Crippen molar-refractivity contribution < 1.29 is 8.42 Å². The standard InChI is InChI=1S/C16H16BrNO2S/c1-12-2-6-16(7-3-12)21(19,20)18-10-14-5-4-13(9-17)8-15(14)11-18/h2-8H,9-11H2,1H3. The van der Waals surface area contributed by atoms with Crippen LogP contribution in [0.25, 0.3) is 0 Å². The van der Waals surface area contributed by atoms with Crippen molar-refractivity contribution in [2.45, 2.75) is 30.2 Å². The summed E-state index contributed by atoms with van der Waals surface area (Å²) in [7, 11) is -3.42. The Labute approximate surface area is 133 Å². The zero-order valence-electron chi connectivity index (χ0n) is 11.7. The molecule has 2 aromatic rings. The van der Waals surface area contributed by atoms with Crippen LogP contribution in [0.3, 0.4) is 0 Å². The summed E-state index contributed by atoms with van der Waals surface area (Å²) in [5.41, 5.74) is 4.42. The number of aryl methyl sites for hydroxylation is 1. The van der Waals surface area contributed by atoms with E-state index in [1.165, 1.54) is 5.56 Å². The summed E-state index contributed by atoms with van der Waals surface area (Å²) in [5.74, 6) is 0. The Morgan fingerprint density at radius 2 is 1.71 bits per heavy atom. The lowest BCUT2D eigenvalue weighted by Gasteiger charge is -2.15. The van der Waals surface area contributed by atoms with E-state index in [9.17, 15) is 8.42 Å². The van der Waals surface area contributed by atoms with Gasteiger partial charge in [-0.2, -0.15) is 4.31 Å². The largest absolute Gasteiger partial charge is 0.243 e. The second-order valence-corrected chi connectivity index (χ2v) is 7.82. The van der Waals surface area contributed by atoms with Crippen molar-refractivity contribution in [1.82, 2.24) is 4.31 Å². The number of hydrogen-bond donors (Lipinski definition) is 0. The van der Waals surface area contributed by atoms with Gasteiger partial charge in [0.15, 0.2) is 0 Å². The quantitative estimate of drug-likeness (QED) is 0.779. The van der Waals surface area contributed by atoms with Gasteiger partial charge >= 0.3 is 0 Å². The second kappa shape index (κ2) is 5.55. The maximum atomic E-state index is 12.7. The average Bonchev–Trinajstić information content (AvgIpc) is 2.91. The first-order valence-corrected chi connectivity index (χ1v) is 9.30. The third-order valence-electron chi connectivity index (χ3n) is 3.78. The smallest absolute Gasteiger partial charge is 0.207 e. The summed E-state index contributed by atoms with van der Waals surface area (Å²) in [6.45, 7) is 2.85. The van der Waals surface area contributed by atoms with E-state index in [0.717, 1.165) is 22.0 Å². The summed E-state index contributed by atoms with van der Waals surface area (Å²) >= 11 is 3.43. The van der Waals surface area contributed by atoms with Crippen LogP contribution >= 0.6 is 15.9 Å². The van der Waals surface area contributed by atoms with Crippen LogP contribution < -0.4 is 0 Å². The molecule has 2 aromatic carbocycles. The van der Waals surface area contributed by atoms with Crippen LogP contribution in [0, 0.1) is 6.92 Å². The Bertz CT molecular complexity index is 769. The van der Waals surface area contributed by atoms with Gasteiger partial charge < -0.3 is 0 Å². The molecule has 0 aliphatic carbocycles. The van der Waals surface area contributed by atoms with E-state index in [4.69, 9.17) is 0 Å². The fraction of sp³-hybridized carbons (Fsp3) is 0.250. The number of nitrogens with zero attached hydrogens (tertiary/aromatic N) is 1. The van der Waals surface area contributed by atoms with Gasteiger partial charge in [0.05, 0.1) is 4.90 Å². The maximum Gasteiger partial charge on any atom is 0.243 e. The van der Waals surface area contributed by atoms with Gasteiger partial charge in [-0.05, 0) is 35.7 Å². The van der Waals surface area contributed by atoms with Gasteiger partial charge in [0.25, 0.3) is 0 Å². The number of benzene rings is 2. The van der Waals surface area contributed by atoms with Gasteiger partial charge in [0.1, 0.15) is 0 Å². The maximum absolute atomic E-state index is 12.7. The fourth-order valence-corrected chi connectivity index (χ4v) is 4.27. The third-order valence-corrected chi connectivity index (χ3v) is 6.23. The molecule has 3 rings (SSSR count). The van der Waals surface area contributed by atoms with Crippen LogP contribution in [0.15, 0.2) is 47.4 Å². The van der Waals surface area contributed by atoms with Gasteiger partial charge in [0, 0.05) is 18.4 Å². The number of halogens is 1. The van der Waals surface area contributed by atoms with Crippen LogP contribution in [0.2, 0.25) is 0 Å². The van der Waals surface area contributed by atoms with Crippen molar-refractivity contribution in [3.8, 4) is 0 Å². The van der Waals surface area contributed by atoms with Gasteiger partial charge in [-0.3, -0.25) is 0 Å². The number of hydrogen-bond acceptors (Lipinski definition) is 2. The molecule has 21 heavy (non-hydrogen) atoms. The van der Waals surface area contributed by atoms with Gasteiger partial charge in [-0.1, -0.05) is 51.8 Å². The van der Waals surface area contributed by atoms with Crippen LogP contribution in [0.4, 0.5) is 0 Å². The lowest BCUT2D eigenvalue weighted by molar-refractivity contribution is 0.431. The van der Waals surface area contributed by atoms with Crippen molar-refractivity contribution >= 4 is 26.0 Å². The molecule has 5 heteroatoms. The molecule has 1 heterocycles. The molecule has 0 atom stereocenters. The molecule has 0 fully saturated rings. The first-order chi connectivity index (χ1) is 10.0. The van der Waals surface area contributed by atoms with E-state index < -0.39 is 10.0 Å². The highest BCUT2D eigenvalue weighted by molar-refractivity contribution is 9.08. The molecule has 0 radical (unpaired) electrons. The number of rotatable bonds is 3. The van der Waals surface area contributed by atoms with Crippen LogP contribution in [0.5, 0.6) is 0 Å². The van der Waals surface area contributed by atoms with Gasteiger partial charge in [-0.15, -0.1) is 0 Å². The summed E-state index contributed by atoms with van der Waals surface area (Å²) < 4.78 is 26.9. The third kappa shape index (κ3) is 2.78. The predicted molar refractivity (Wildman–Crippen MR) is 86.7 cm³/mol. The topological polar surface area (TPSA) is 37.4 Å². The molecule has 110 valence electrons. The molecule has 0 spiro atoms. The lowest BCUT2D eigenvalue weighted by Crippen LogP contribution is -2.25. The molecule has 1 aliphatic rings. The Kier molecular flexibility index (Phi) is 3.90. The van der Waals surface area contributed by atoms with Crippen LogP contribution in [-0.2, 0) is 28.4 Å². The number of alkyl halides is 1. The first-order valence-electron chi connectivity index (χ1n) is 6.74. The predicted octanol–water partition coefficient (Wildman–Crippen LogP) is 3.59.